The summed E-state index contributed by atoms with van der Waals surface area (Å²) in [4.78, 5) is 30.6. The minimum absolute atomic E-state index is 0.0257. The van der Waals surface area contributed by atoms with Crippen molar-refractivity contribution in [2.24, 2.45) is 0 Å². The molecule has 0 unspecified atom stereocenters. The molecule has 31 heavy (non-hydrogen) atoms. The van der Waals surface area contributed by atoms with Gasteiger partial charge in [-0.3, -0.25) is 14.6 Å². The van der Waals surface area contributed by atoms with Crippen LogP contribution in [0.4, 0.5) is 0 Å². The SMILES string of the molecule is O=C(CCCOc1cccc2ccccc12)NC1CCN(C(=O)c2ccncc2)CC1. The van der Waals surface area contributed by atoms with Crippen molar-refractivity contribution >= 4 is 22.6 Å². The highest BCUT2D eigenvalue weighted by molar-refractivity contribution is 5.94. The summed E-state index contributed by atoms with van der Waals surface area (Å²) in [6, 6.07) is 17.7. The van der Waals surface area contributed by atoms with E-state index in [0.29, 0.717) is 38.1 Å². The van der Waals surface area contributed by atoms with Crippen LogP contribution < -0.4 is 10.1 Å². The molecule has 2 aromatic carbocycles. The zero-order valence-corrected chi connectivity index (χ0v) is 17.5. The van der Waals surface area contributed by atoms with Gasteiger partial charge in [0.2, 0.25) is 5.91 Å². The van der Waals surface area contributed by atoms with Crippen LogP contribution in [0.15, 0.2) is 67.0 Å². The first-order valence-corrected chi connectivity index (χ1v) is 10.8. The van der Waals surface area contributed by atoms with Crippen molar-refractivity contribution in [1.82, 2.24) is 15.2 Å². The molecule has 1 fully saturated rings. The lowest BCUT2D eigenvalue weighted by molar-refractivity contribution is -0.122. The number of hydrogen-bond donors (Lipinski definition) is 1. The Hall–Kier alpha value is -3.41. The first-order chi connectivity index (χ1) is 15.2. The van der Waals surface area contributed by atoms with Crippen molar-refractivity contribution in [2.75, 3.05) is 19.7 Å². The number of likely N-dealkylation sites (tertiary alicyclic amines) is 1. The molecule has 160 valence electrons. The van der Waals surface area contributed by atoms with Gasteiger partial charge in [-0.25, -0.2) is 0 Å². The second-order valence-corrected chi connectivity index (χ2v) is 7.80. The van der Waals surface area contributed by atoms with Crippen LogP contribution in [0, 0.1) is 0 Å². The molecule has 0 saturated carbocycles. The Bertz CT molecular complexity index is 1030. The number of carbonyl (C=O) groups excluding carboxylic acids is 2. The smallest absolute Gasteiger partial charge is 0.253 e. The van der Waals surface area contributed by atoms with E-state index in [2.05, 4.69) is 22.4 Å². The van der Waals surface area contributed by atoms with Crippen molar-refractivity contribution in [3.8, 4) is 5.75 Å². The molecule has 1 N–H and O–H groups in total. The number of rotatable bonds is 7. The van der Waals surface area contributed by atoms with Gasteiger partial charge in [-0.2, -0.15) is 0 Å². The number of nitrogens with one attached hydrogen (secondary N) is 1. The molecule has 0 bridgehead atoms. The Balaban J connectivity index is 1.17. The van der Waals surface area contributed by atoms with Crippen molar-refractivity contribution < 1.29 is 14.3 Å². The summed E-state index contributed by atoms with van der Waals surface area (Å²) in [7, 11) is 0. The Labute approximate surface area is 182 Å². The van der Waals surface area contributed by atoms with E-state index < -0.39 is 0 Å². The molecular formula is C25H27N3O3. The zero-order chi connectivity index (χ0) is 21.5. The lowest BCUT2D eigenvalue weighted by atomic mass is 10.0. The summed E-state index contributed by atoms with van der Waals surface area (Å²) in [6.07, 6.45) is 5.90. The third kappa shape index (κ3) is 5.40. The molecule has 0 atom stereocenters. The van der Waals surface area contributed by atoms with Crippen LogP contribution in [-0.4, -0.2) is 47.4 Å². The summed E-state index contributed by atoms with van der Waals surface area (Å²) in [6.45, 7) is 1.80. The predicted molar refractivity (Wildman–Crippen MR) is 120 cm³/mol. The molecule has 1 aromatic heterocycles. The van der Waals surface area contributed by atoms with Gasteiger partial charge in [0.1, 0.15) is 5.75 Å². The third-order valence-electron chi connectivity index (χ3n) is 5.63. The van der Waals surface area contributed by atoms with Gasteiger partial charge in [0.05, 0.1) is 6.61 Å². The van der Waals surface area contributed by atoms with Crippen LogP contribution in [0.5, 0.6) is 5.75 Å². The van der Waals surface area contributed by atoms with Gasteiger partial charge in [0.25, 0.3) is 5.91 Å². The van der Waals surface area contributed by atoms with E-state index in [-0.39, 0.29) is 17.9 Å². The molecule has 0 spiro atoms. The van der Waals surface area contributed by atoms with E-state index in [1.807, 2.05) is 35.2 Å². The van der Waals surface area contributed by atoms with Gasteiger partial charge in [-0.1, -0.05) is 36.4 Å². The average molecular weight is 418 g/mol. The Morgan fingerprint density at radius 2 is 1.74 bits per heavy atom. The summed E-state index contributed by atoms with van der Waals surface area (Å²) in [5.41, 5.74) is 0.656. The zero-order valence-electron chi connectivity index (χ0n) is 17.5. The first-order valence-electron chi connectivity index (χ1n) is 10.8. The van der Waals surface area contributed by atoms with Gasteiger partial charge < -0.3 is 15.0 Å². The highest BCUT2D eigenvalue weighted by Gasteiger charge is 2.24. The van der Waals surface area contributed by atoms with Gasteiger partial charge in [0.15, 0.2) is 0 Å². The normalized spacial score (nSPS) is 14.4. The maximum absolute atomic E-state index is 12.5. The molecule has 2 heterocycles. The fourth-order valence-electron chi connectivity index (χ4n) is 3.94. The highest BCUT2D eigenvalue weighted by Crippen LogP contribution is 2.25. The maximum Gasteiger partial charge on any atom is 0.253 e. The molecule has 1 aliphatic heterocycles. The standard InChI is InChI=1S/C25H27N3O3/c29-24(9-4-18-31-23-8-3-6-19-5-1-2-7-22(19)23)27-21-12-16-28(17-13-21)25(30)20-10-14-26-15-11-20/h1-3,5-8,10-11,14-15,21H,4,9,12-13,16-18H2,(H,27,29). The topological polar surface area (TPSA) is 71.5 Å². The number of hydrogen-bond acceptors (Lipinski definition) is 4. The molecule has 0 radical (unpaired) electrons. The number of pyridine rings is 1. The van der Waals surface area contributed by atoms with E-state index in [9.17, 15) is 9.59 Å². The molecule has 4 rings (SSSR count). The fourth-order valence-corrected chi connectivity index (χ4v) is 3.94. The summed E-state index contributed by atoms with van der Waals surface area (Å²) in [5.74, 6) is 0.919. The van der Waals surface area contributed by atoms with Crippen LogP contribution in [-0.2, 0) is 4.79 Å². The number of fused-ring (bicyclic) bond motifs is 1. The maximum atomic E-state index is 12.5. The molecule has 2 amide bonds. The Morgan fingerprint density at radius 3 is 2.55 bits per heavy atom. The summed E-state index contributed by atoms with van der Waals surface area (Å²) >= 11 is 0. The largest absolute Gasteiger partial charge is 0.493 e. The lowest BCUT2D eigenvalue weighted by Crippen LogP contribution is -2.46. The highest BCUT2D eigenvalue weighted by atomic mass is 16.5. The molecular weight excluding hydrogens is 390 g/mol. The van der Waals surface area contributed by atoms with E-state index in [1.165, 1.54) is 0 Å². The first kappa shape index (κ1) is 20.8. The minimum atomic E-state index is 0.0257. The van der Waals surface area contributed by atoms with Crippen molar-refractivity contribution in [3.63, 3.8) is 0 Å². The van der Waals surface area contributed by atoms with Gasteiger partial charge in [-0.15, -0.1) is 0 Å². The Morgan fingerprint density at radius 1 is 1.00 bits per heavy atom. The van der Waals surface area contributed by atoms with Crippen LogP contribution in [0.25, 0.3) is 10.8 Å². The summed E-state index contributed by atoms with van der Waals surface area (Å²) < 4.78 is 5.91. The van der Waals surface area contributed by atoms with E-state index in [0.717, 1.165) is 29.4 Å². The number of amides is 2. The number of benzene rings is 2. The van der Waals surface area contributed by atoms with Crippen molar-refractivity contribution in [3.05, 3.63) is 72.6 Å². The van der Waals surface area contributed by atoms with Crippen LogP contribution in [0.1, 0.15) is 36.0 Å². The third-order valence-corrected chi connectivity index (χ3v) is 5.63. The predicted octanol–water partition coefficient (Wildman–Crippen LogP) is 3.81. The van der Waals surface area contributed by atoms with E-state index in [1.54, 1.807) is 24.5 Å². The quantitative estimate of drug-likeness (QED) is 0.594. The minimum Gasteiger partial charge on any atom is -0.493 e. The van der Waals surface area contributed by atoms with Crippen molar-refractivity contribution in [1.29, 1.82) is 0 Å². The number of nitrogens with zero attached hydrogens (tertiary/aromatic N) is 2. The number of aromatic nitrogens is 1. The average Bonchev–Trinajstić information content (AvgIpc) is 2.82. The van der Waals surface area contributed by atoms with E-state index >= 15 is 0 Å². The van der Waals surface area contributed by atoms with Gasteiger partial charge >= 0.3 is 0 Å². The van der Waals surface area contributed by atoms with Gasteiger partial charge in [-0.05, 0) is 42.8 Å². The fraction of sp³-hybridized carbons (Fsp3) is 0.320. The van der Waals surface area contributed by atoms with Crippen LogP contribution >= 0.6 is 0 Å². The molecule has 1 aliphatic rings. The molecule has 6 heteroatoms. The monoisotopic (exact) mass is 417 g/mol. The van der Waals surface area contributed by atoms with Crippen LogP contribution in [0.3, 0.4) is 0 Å². The molecule has 0 aliphatic carbocycles. The lowest BCUT2D eigenvalue weighted by Gasteiger charge is -2.32. The van der Waals surface area contributed by atoms with E-state index in [4.69, 9.17) is 4.74 Å². The second-order valence-electron chi connectivity index (χ2n) is 7.80. The number of piperidine rings is 1. The number of ether oxygens (including phenoxy) is 1. The molecule has 1 saturated heterocycles. The molecule has 6 nitrogen and oxygen atoms in total. The molecule has 3 aromatic rings. The van der Waals surface area contributed by atoms with Gasteiger partial charge in [0, 0.05) is 48.9 Å². The summed E-state index contributed by atoms with van der Waals surface area (Å²) in [5, 5.41) is 5.33. The number of carbonyl (C=O) groups is 2. The van der Waals surface area contributed by atoms with Crippen molar-refractivity contribution in [2.45, 2.75) is 31.7 Å². The second kappa shape index (κ2) is 10.1. The Kier molecular flexibility index (Phi) is 6.77. The van der Waals surface area contributed by atoms with Crippen LogP contribution in [0.2, 0.25) is 0 Å².